The first-order chi connectivity index (χ1) is 13.5. The number of nitrogens with zero attached hydrogens (tertiary/aromatic N) is 3. The Morgan fingerprint density at radius 3 is 2.50 bits per heavy atom. The molecular formula is C22H21N3O2S. The van der Waals surface area contributed by atoms with Gasteiger partial charge >= 0.3 is 0 Å². The highest BCUT2D eigenvalue weighted by Crippen LogP contribution is 2.37. The van der Waals surface area contributed by atoms with Gasteiger partial charge in [0.2, 0.25) is 0 Å². The van der Waals surface area contributed by atoms with Crippen LogP contribution in [0.15, 0.2) is 59.8 Å². The number of aromatic nitrogens is 3. The lowest BCUT2D eigenvalue weighted by atomic mass is 9.99. The Morgan fingerprint density at radius 2 is 1.71 bits per heavy atom. The molecule has 5 nitrogen and oxygen atoms in total. The number of rotatable bonds is 4. The quantitative estimate of drug-likeness (QED) is 0.429. The lowest BCUT2D eigenvalue weighted by Crippen LogP contribution is -2.01. The van der Waals surface area contributed by atoms with Crippen molar-refractivity contribution in [1.29, 1.82) is 0 Å². The van der Waals surface area contributed by atoms with E-state index in [1.54, 1.807) is 6.07 Å². The van der Waals surface area contributed by atoms with Crippen molar-refractivity contribution in [3.63, 3.8) is 0 Å². The summed E-state index contributed by atoms with van der Waals surface area (Å²) in [6.07, 6.45) is 0.690. The number of aromatic hydroxyl groups is 2. The molecule has 0 saturated heterocycles. The van der Waals surface area contributed by atoms with Gasteiger partial charge < -0.3 is 10.2 Å². The number of hydrogen-bond donors (Lipinski definition) is 3. The summed E-state index contributed by atoms with van der Waals surface area (Å²) in [6.45, 7) is 4.16. The summed E-state index contributed by atoms with van der Waals surface area (Å²) in [7, 11) is 0. The largest absolute Gasteiger partial charge is 0.508 e. The molecular weight excluding hydrogens is 370 g/mol. The molecule has 0 amide bonds. The van der Waals surface area contributed by atoms with Crippen LogP contribution in [0.25, 0.3) is 27.8 Å². The first kappa shape index (κ1) is 18.4. The van der Waals surface area contributed by atoms with Crippen LogP contribution in [-0.2, 0) is 6.42 Å². The van der Waals surface area contributed by atoms with Crippen molar-refractivity contribution in [3.05, 3.63) is 60.2 Å². The summed E-state index contributed by atoms with van der Waals surface area (Å²) in [5.74, 6) is 0.869. The van der Waals surface area contributed by atoms with Crippen LogP contribution in [0.1, 0.15) is 19.4 Å². The lowest BCUT2D eigenvalue weighted by Gasteiger charge is -2.14. The van der Waals surface area contributed by atoms with Gasteiger partial charge in [0.1, 0.15) is 11.5 Å². The predicted molar refractivity (Wildman–Crippen MR) is 113 cm³/mol. The van der Waals surface area contributed by atoms with Crippen molar-refractivity contribution in [2.45, 2.75) is 25.4 Å². The molecule has 4 aromatic rings. The maximum atomic E-state index is 10.5. The fraction of sp³-hybridized carbons (Fsp3) is 0.182. The van der Waals surface area contributed by atoms with E-state index in [4.69, 9.17) is 0 Å². The maximum Gasteiger partial charge on any atom is 0.193 e. The highest BCUT2D eigenvalue weighted by atomic mass is 32.1. The van der Waals surface area contributed by atoms with Gasteiger partial charge in [0, 0.05) is 11.5 Å². The molecule has 0 aliphatic carbocycles. The smallest absolute Gasteiger partial charge is 0.193 e. The minimum Gasteiger partial charge on any atom is -0.508 e. The molecule has 142 valence electrons. The summed E-state index contributed by atoms with van der Waals surface area (Å²) in [5.41, 5.74) is 2.14. The molecule has 0 aliphatic rings. The Bertz CT molecular complexity index is 1160. The van der Waals surface area contributed by atoms with E-state index >= 15 is 0 Å². The number of hydrogen-bond acceptors (Lipinski definition) is 5. The van der Waals surface area contributed by atoms with E-state index in [0.717, 1.165) is 22.0 Å². The van der Waals surface area contributed by atoms with E-state index in [1.807, 2.05) is 47.0 Å². The molecule has 0 atom stereocenters. The van der Waals surface area contributed by atoms with Crippen LogP contribution in [0.5, 0.6) is 11.5 Å². The molecule has 0 aliphatic heterocycles. The van der Waals surface area contributed by atoms with Crippen LogP contribution in [0.3, 0.4) is 0 Å². The Kier molecular flexibility index (Phi) is 4.73. The topological polar surface area (TPSA) is 71.2 Å². The molecule has 2 N–H and O–H groups in total. The normalized spacial score (nSPS) is 11.4. The van der Waals surface area contributed by atoms with Gasteiger partial charge in [-0.3, -0.25) is 4.57 Å². The molecule has 0 saturated carbocycles. The summed E-state index contributed by atoms with van der Waals surface area (Å²) in [5, 5.41) is 31.7. The second-order valence-corrected chi connectivity index (χ2v) is 7.65. The second kappa shape index (κ2) is 7.20. The Morgan fingerprint density at radius 1 is 0.964 bits per heavy atom. The van der Waals surface area contributed by atoms with Crippen LogP contribution in [0, 0.1) is 5.92 Å². The van der Waals surface area contributed by atoms with Gasteiger partial charge in [0.05, 0.1) is 11.3 Å². The monoisotopic (exact) mass is 391 g/mol. The number of fused-ring (bicyclic) bond motifs is 1. The van der Waals surface area contributed by atoms with E-state index in [9.17, 15) is 10.2 Å². The number of thiol groups is 1. The summed E-state index contributed by atoms with van der Waals surface area (Å²) in [6, 6.07) is 17.2. The second-order valence-electron chi connectivity index (χ2n) is 7.25. The summed E-state index contributed by atoms with van der Waals surface area (Å²) < 4.78 is 1.82. The van der Waals surface area contributed by atoms with Crippen LogP contribution < -0.4 is 0 Å². The van der Waals surface area contributed by atoms with Crippen molar-refractivity contribution < 1.29 is 10.2 Å². The van der Waals surface area contributed by atoms with Gasteiger partial charge in [-0.05, 0) is 35.4 Å². The SMILES string of the molecule is CC(C)Cc1cc(-c2nnc(S)n2-c2cccc3ccccc23)c(O)cc1O. The summed E-state index contributed by atoms with van der Waals surface area (Å²) in [4.78, 5) is 0. The van der Waals surface area contributed by atoms with Gasteiger partial charge in [-0.15, -0.1) is 22.8 Å². The molecule has 6 heteroatoms. The summed E-state index contributed by atoms with van der Waals surface area (Å²) >= 11 is 4.50. The maximum absolute atomic E-state index is 10.5. The van der Waals surface area contributed by atoms with Crippen molar-refractivity contribution in [2.75, 3.05) is 0 Å². The molecule has 0 fully saturated rings. The number of benzene rings is 3. The fourth-order valence-corrected chi connectivity index (χ4v) is 3.73. The molecule has 28 heavy (non-hydrogen) atoms. The van der Waals surface area contributed by atoms with Crippen molar-refractivity contribution >= 4 is 23.4 Å². The number of phenolic OH excluding ortho intramolecular Hbond substituents is 2. The van der Waals surface area contributed by atoms with E-state index in [2.05, 4.69) is 36.7 Å². The standard InChI is InChI=1S/C22H21N3O2S/c1-13(2)10-15-11-17(20(27)12-19(15)26)21-23-24-22(28)25(21)18-9-5-7-14-6-3-4-8-16(14)18/h3-9,11-13,26-27H,10H2,1-2H3,(H,24,28). The Hall–Kier alpha value is -2.99. The molecule has 3 aromatic carbocycles. The Balaban J connectivity index is 1.95. The molecule has 0 bridgehead atoms. The lowest BCUT2D eigenvalue weighted by molar-refractivity contribution is 0.443. The van der Waals surface area contributed by atoms with Gasteiger partial charge in [0.25, 0.3) is 0 Å². The van der Waals surface area contributed by atoms with Gasteiger partial charge in [-0.2, -0.15) is 0 Å². The molecule has 1 heterocycles. The van der Waals surface area contributed by atoms with Crippen LogP contribution >= 0.6 is 12.6 Å². The van der Waals surface area contributed by atoms with E-state index in [0.29, 0.717) is 28.9 Å². The van der Waals surface area contributed by atoms with E-state index < -0.39 is 0 Å². The first-order valence-corrected chi connectivity index (χ1v) is 9.58. The zero-order chi connectivity index (χ0) is 19.8. The molecule has 1 aromatic heterocycles. The van der Waals surface area contributed by atoms with E-state index in [-0.39, 0.29) is 11.5 Å². The molecule has 0 unspecified atom stereocenters. The zero-order valence-electron chi connectivity index (χ0n) is 15.7. The highest BCUT2D eigenvalue weighted by Gasteiger charge is 2.20. The third-order valence-electron chi connectivity index (χ3n) is 4.72. The van der Waals surface area contributed by atoms with Gasteiger partial charge in [0.15, 0.2) is 11.0 Å². The first-order valence-electron chi connectivity index (χ1n) is 9.13. The zero-order valence-corrected chi connectivity index (χ0v) is 16.6. The number of phenols is 2. The van der Waals surface area contributed by atoms with Crippen LogP contribution in [-0.4, -0.2) is 25.0 Å². The average Bonchev–Trinajstić information content (AvgIpc) is 3.04. The minimum absolute atomic E-state index is 0.0489. The third-order valence-corrected chi connectivity index (χ3v) is 5.01. The van der Waals surface area contributed by atoms with E-state index in [1.165, 1.54) is 6.07 Å². The Labute approximate surface area is 168 Å². The minimum atomic E-state index is -0.0489. The van der Waals surface area contributed by atoms with Crippen molar-refractivity contribution in [2.24, 2.45) is 5.92 Å². The predicted octanol–water partition coefficient (Wildman–Crippen LogP) is 4.99. The molecule has 4 rings (SSSR count). The van der Waals surface area contributed by atoms with Gasteiger partial charge in [-0.1, -0.05) is 50.2 Å². The van der Waals surface area contributed by atoms with Crippen LogP contribution in [0.2, 0.25) is 0 Å². The average molecular weight is 391 g/mol. The molecule has 0 radical (unpaired) electrons. The fourth-order valence-electron chi connectivity index (χ4n) is 3.48. The third kappa shape index (κ3) is 3.20. The van der Waals surface area contributed by atoms with Crippen molar-refractivity contribution in [3.8, 4) is 28.6 Å². The van der Waals surface area contributed by atoms with Gasteiger partial charge in [-0.25, -0.2) is 0 Å². The highest BCUT2D eigenvalue weighted by molar-refractivity contribution is 7.80. The van der Waals surface area contributed by atoms with Crippen LogP contribution in [0.4, 0.5) is 0 Å². The van der Waals surface area contributed by atoms with Crippen molar-refractivity contribution in [1.82, 2.24) is 14.8 Å². The molecule has 0 spiro atoms.